The number of anilines is 1. The maximum Gasteiger partial charge on any atom is 0.195 e. The highest BCUT2D eigenvalue weighted by Gasteiger charge is 2.36. The van der Waals surface area contributed by atoms with Crippen molar-refractivity contribution < 1.29 is 4.79 Å². The van der Waals surface area contributed by atoms with Crippen LogP contribution in [0.25, 0.3) is 0 Å². The topological polar surface area (TPSA) is 55.1 Å². The first kappa shape index (κ1) is 24.5. The molecule has 4 heteroatoms. The Balaban J connectivity index is 1.62. The molecular formula is C33H27ClN2O. The van der Waals surface area contributed by atoms with Gasteiger partial charge < -0.3 is 5.73 Å². The first-order valence-electron chi connectivity index (χ1n) is 12.2. The zero-order valence-corrected chi connectivity index (χ0v) is 21.0. The van der Waals surface area contributed by atoms with E-state index in [1.165, 1.54) is 0 Å². The number of carbonyl (C=O) groups excluding carboxylic acids is 1. The summed E-state index contributed by atoms with van der Waals surface area (Å²) in [6, 6.07) is 43.6. The van der Waals surface area contributed by atoms with Crippen molar-refractivity contribution in [2.75, 3.05) is 5.73 Å². The molecule has 5 aromatic carbocycles. The quantitative estimate of drug-likeness (QED) is 0.134. The predicted octanol–water partition coefficient (Wildman–Crippen LogP) is 7.23. The molecule has 0 radical (unpaired) electrons. The lowest BCUT2D eigenvalue weighted by Crippen LogP contribution is -2.44. The Labute approximate surface area is 222 Å². The van der Waals surface area contributed by atoms with E-state index in [2.05, 4.69) is 41.7 Å². The van der Waals surface area contributed by atoms with Crippen molar-refractivity contribution in [3.05, 3.63) is 172 Å². The number of benzene rings is 5. The standard InChI is InChI=1S/C33H27ClN2O/c34-29-21-25(31(35)30(22-29)32(37)24-13-5-1-6-14-24)23-36-33(26-15-7-2-8-16-26,27-17-9-3-10-18-27)28-19-11-4-12-20-28/h1-22,36H,23,35H2. The van der Waals surface area contributed by atoms with Crippen LogP contribution in [0.3, 0.4) is 0 Å². The monoisotopic (exact) mass is 502 g/mol. The Morgan fingerprint density at radius 3 is 1.57 bits per heavy atom. The Morgan fingerprint density at radius 1 is 0.676 bits per heavy atom. The zero-order chi connectivity index (χ0) is 25.7. The second kappa shape index (κ2) is 10.8. The van der Waals surface area contributed by atoms with Gasteiger partial charge in [0.15, 0.2) is 5.78 Å². The number of rotatable bonds is 8. The van der Waals surface area contributed by atoms with E-state index < -0.39 is 5.54 Å². The van der Waals surface area contributed by atoms with Gasteiger partial charge >= 0.3 is 0 Å². The molecule has 0 aromatic heterocycles. The highest BCUT2D eigenvalue weighted by Crippen LogP contribution is 2.37. The smallest absolute Gasteiger partial charge is 0.195 e. The molecule has 182 valence electrons. The fourth-order valence-corrected chi connectivity index (χ4v) is 5.09. The third kappa shape index (κ3) is 4.92. The summed E-state index contributed by atoms with van der Waals surface area (Å²) in [7, 11) is 0. The van der Waals surface area contributed by atoms with Gasteiger partial charge in [-0.1, -0.05) is 133 Å². The highest BCUT2D eigenvalue weighted by atomic mass is 35.5. The lowest BCUT2D eigenvalue weighted by molar-refractivity contribution is 0.103. The number of hydrogen-bond acceptors (Lipinski definition) is 3. The number of nitrogen functional groups attached to an aromatic ring is 1. The maximum absolute atomic E-state index is 13.3. The average Bonchev–Trinajstić information content (AvgIpc) is 2.97. The van der Waals surface area contributed by atoms with Gasteiger partial charge in [0.1, 0.15) is 0 Å². The van der Waals surface area contributed by atoms with Gasteiger partial charge in [-0.3, -0.25) is 10.1 Å². The van der Waals surface area contributed by atoms with Gasteiger partial charge in [-0.05, 0) is 34.4 Å². The first-order valence-corrected chi connectivity index (χ1v) is 12.6. The molecule has 5 aromatic rings. The van der Waals surface area contributed by atoms with Crippen molar-refractivity contribution in [1.29, 1.82) is 0 Å². The minimum Gasteiger partial charge on any atom is -0.398 e. The van der Waals surface area contributed by atoms with E-state index in [0.717, 1.165) is 22.3 Å². The number of nitrogens with two attached hydrogens (primary N) is 1. The lowest BCUT2D eigenvalue weighted by Gasteiger charge is -2.37. The summed E-state index contributed by atoms with van der Waals surface area (Å²) in [6.45, 7) is 0.389. The fraction of sp³-hybridized carbons (Fsp3) is 0.0606. The molecule has 5 rings (SSSR count). The highest BCUT2D eigenvalue weighted by molar-refractivity contribution is 6.31. The number of nitrogens with one attached hydrogen (secondary N) is 1. The summed E-state index contributed by atoms with van der Waals surface area (Å²) in [5, 5.41) is 4.29. The van der Waals surface area contributed by atoms with Gasteiger partial charge in [0, 0.05) is 28.4 Å². The Kier molecular flexibility index (Phi) is 7.18. The summed E-state index contributed by atoms with van der Waals surface area (Å²) in [6.07, 6.45) is 0. The molecule has 0 heterocycles. The summed E-state index contributed by atoms with van der Waals surface area (Å²) < 4.78 is 0. The van der Waals surface area contributed by atoms with Crippen molar-refractivity contribution in [2.24, 2.45) is 0 Å². The van der Waals surface area contributed by atoms with Crippen molar-refractivity contribution >= 4 is 23.1 Å². The first-order chi connectivity index (χ1) is 18.1. The largest absolute Gasteiger partial charge is 0.398 e. The van der Waals surface area contributed by atoms with Crippen LogP contribution in [0.1, 0.15) is 38.2 Å². The van der Waals surface area contributed by atoms with Crippen LogP contribution in [0.5, 0.6) is 0 Å². The Bertz CT molecular complexity index is 1390. The molecule has 0 saturated carbocycles. The van der Waals surface area contributed by atoms with E-state index in [0.29, 0.717) is 28.4 Å². The molecule has 37 heavy (non-hydrogen) atoms. The van der Waals surface area contributed by atoms with Crippen LogP contribution in [0.2, 0.25) is 5.02 Å². The van der Waals surface area contributed by atoms with Crippen LogP contribution < -0.4 is 11.1 Å². The van der Waals surface area contributed by atoms with Crippen LogP contribution in [0.4, 0.5) is 5.69 Å². The summed E-state index contributed by atoms with van der Waals surface area (Å²) in [5.41, 5.74) is 11.4. The van der Waals surface area contributed by atoms with E-state index >= 15 is 0 Å². The van der Waals surface area contributed by atoms with Gasteiger partial charge in [0.2, 0.25) is 0 Å². The lowest BCUT2D eigenvalue weighted by atomic mass is 9.77. The van der Waals surface area contributed by atoms with Gasteiger partial charge in [-0.2, -0.15) is 0 Å². The molecule has 0 bridgehead atoms. The molecule has 0 aliphatic rings. The van der Waals surface area contributed by atoms with E-state index in [-0.39, 0.29) is 5.78 Å². The van der Waals surface area contributed by atoms with Gasteiger partial charge in [0.25, 0.3) is 0 Å². The van der Waals surface area contributed by atoms with E-state index in [1.807, 2.05) is 78.9 Å². The molecule has 0 spiro atoms. The molecule has 0 unspecified atom stereocenters. The molecule has 3 N–H and O–H groups in total. The molecule has 3 nitrogen and oxygen atoms in total. The third-order valence-corrected chi connectivity index (χ3v) is 6.89. The second-order valence-electron chi connectivity index (χ2n) is 8.92. The maximum atomic E-state index is 13.3. The summed E-state index contributed by atoms with van der Waals surface area (Å²) in [4.78, 5) is 13.3. The molecule has 0 aliphatic carbocycles. The van der Waals surface area contributed by atoms with Crippen LogP contribution in [-0.2, 0) is 12.1 Å². The normalized spacial score (nSPS) is 11.3. The molecular weight excluding hydrogens is 476 g/mol. The Hall–Kier alpha value is -4.18. The van der Waals surface area contributed by atoms with E-state index in [9.17, 15) is 4.79 Å². The zero-order valence-electron chi connectivity index (χ0n) is 20.3. The van der Waals surface area contributed by atoms with Crippen LogP contribution in [0, 0.1) is 0 Å². The number of carbonyl (C=O) groups is 1. The minimum atomic E-state index is -0.665. The van der Waals surface area contributed by atoms with Gasteiger partial charge in [-0.15, -0.1) is 0 Å². The average molecular weight is 503 g/mol. The summed E-state index contributed by atoms with van der Waals surface area (Å²) in [5.74, 6) is -0.151. The van der Waals surface area contributed by atoms with Crippen molar-refractivity contribution in [1.82, 2.24) is 5.32 Å². The minimum absolute atomic E-state index is 0.151. The van der Waals surface area contributed by atoms with Crippen LogP contribution in [0.15, 0.2) is 133 Å². The third-order valence-electron chi connectivity index (χ3n) is 6.68. The molecule has 0 aliphatic heterocycles. The van der Waals surface area contributed by atoms with Crippen molar-refractivity contribution in [2.45, 2.75) is 12.1 Å². The van der Waals surface area contributed by atoms with Gasteiger partial charge in [-0.25, -0.2) is 0 Å². The Morgan fingerprint density at radius 2 is 1.11 bits per heavy atom. The fourth-order valence-electron chi connectivity index (χ4n) is 4.85. The van der Waals surface area contributed by atoms with E-state index in [1.54, 1.807) is 18.2 Å². The van der Waals surface area contributed by atoms with E-state index in [4.69, 9.17) is 17.3 Å². The number of halogens is 1. The predicted molar refractivity (Wildman–Crippen MR) is 152 cm³/mol. The molecule has 0 amide bonds. The summed E-state index contributed by atoms with van der Waals surface area (Å²) >= 11 is 6.52. The second-order valence-corrected chi connectivity index (χ2v) is 9.36. The number of ketones is 1. The van der Waals surface area contributed by atoms with Crippen LogP contribution >= 0.6 is 11.6 Å². The van der Waals surface area contributed by atoms with Crippen molar-refractivity contribution in [3.63, 3.8) is 0 Å². The molecule has 0 atom stereocenters. The molecule has 0 saturated heterocycles. The molecule has 0 fully saturated rings. The number of hydrogen-bond donors (Lipinski definition) is 2. The van der Waals surface area contributed by atoms with Gasteiger partial charge in [0.05, 0.1) is 5.54 Å². The van der Waals surface area contributed by atoms with Crippen LogP contribution in [-0.4, -0.2) is 5.78 Å². The van der Waals surface area contributed by atoms with Crippen molar-refractivity contribution in [3.8, 4) is 0 Å². The SMILES string of the molecule is Nc1c(CNC(c2ccccc2)(c2ccccc2)c2ccccc2)cc(Cl)cc1C(=O)c1ccccc1.